The highest BCUT2D eigenvalue weighted by atomic mass is 16.3. The van der Waals surface area contributed by atoms with Gasteiger partial charge in [0.1, 0.15) is 5.58 Å². The standard InChI is InChI=1S/C23H26N2O3/c26-13-10-20-16-24(11-12-25(20)14-18-6-2-1-3-7-18)15-19-17-28-22-9-5-4-8-21(22)23(19)27/h1-9,17,20,26H,10-16H2. The molecule has 2 aromatic carbocycles. The van der Waals surface area contributed by atoms with Crippen LogP contribution in [0.3, 0.4) is 0 Å². The highest BCUT2D eigenvalue weighted by Crippen LogP contribution is 2.19. The molecule has 1 aromatic heterocycles. The summed E-state index contributed by atoms with van der Waals surface area (Å²) in [6.07, 6.45) is 2.33. The Hall–Kier alpha value is -2.47. The molecule has 0 radical (unpaired) electrons. The quantitative estimate of drug-likeness (QED) is 0.715. The van der Waals surface area contributed by atoms with Gasteiger partial charge >= 0.3 is 0 Å². The first-order valence-corrected chi connectivity index (χ1v) is 9.85. The van der Waals surface area contributed by atoms with Crippen LogP contribution in [0.5, 0.6) is 0 Å². The van der Waals surface area contributed by atoms with Gasteiger partial charge in [0.2, 0.25) is 0 Å². The van der Waals surface area contributed by atoms with Crippen molar-refractivity contribution in [2.75, 3.05) is 26.2 Å². The summed E-state index contributed by atoms with van der Waals surface area (Å²) in [6, 6.07) is 18.1. The summed E-state index contributed by atoms with van der Waals surface area (Å²) in [5.41, 5.74) is 2.65. The van der Waals surface area contributed by atoms with E-state index in [1.54, 1.807) is 6.26 Å². The van der Waals surface area contributed by atoms with Crippen LogP contribution in [-0.4, -0.2) is 47.2 Å². The molecule has 1 N–H and O–H groups in total. The molecule has 5 nitrogen and oxygen atoms in total. The van der Waals surface area contributed by atoms with Crippen LogP contribution in [-0.2, 0) is 13.1 Å². The molecular formula is C23H26N2O3. The highest BCUT2D eigenvalue weighted by molar-refractivity contribution is 5.76. The van der Waals surface area contributed by atoms with Crippen LogP contribution in [0.2, 0.25) is 0 Å². The summed E-state index contributed by atoms with van der Waals surface area (Å²) in [5.74, 6) is 0. The number of piperazine rings is 1. The SMILES string of the molecule is O=c1c(CN2CCN(Cc3ccccc3)C(CCO)C2)coc2ccccc12. The maximum atomic E-state index is 12.8. The molecule has 5 heteroatoms. The first-order chi connectivity index (χ1) is 13.7. The van der Waals surface area contributed by atoms with Crippen molar-refractivity contribution in [2.45, 2.75) is 25.6 Å². The second-order valence-corrected chi connectivity index (χ2v) is 7.44. The summed E-state index contributed by atoms with van der Waals surface area (Å²) in [6.45, 7) is 4.27. The van der Waals surface area contributed by atoms with Crippen molar-refractivity contribution >= 4 is 11.0 Å². The molecule has 2 heterocycles. The van der Waals surface area contributed by atoms with Crippen molar-refractivity contribution in [3.8, 4) is 0 Å². The maximum absolute atomic E-state index is 12.8. The second kappa shape index (κ2) is 8.69. The Balaban J connectivity index is 1.47. The molecule has 0 aliphatic carbocycles. The molecule has 3 aromatic rings. The van der Waals surface area contributed by atoms with Gasteiger partial charge in [0, 0.05) is 50.9 Å². The molecule has 4 rings (SSSR count). The first kappa shape index (κ1) is 18.9. The third kappa shape index (κ3) is 4.17. The molecule has 1 aliphatic rings. The van der Waals surface area contributed by atoms with E-state index in [4.69, 9.17) is 4.42 Å². The number of rotatable bonds is 6. The highest BCUT2D eigenvalue weighted by Gasteiger charge is 2.27. The number of benzene rings is 2. The number of aliphatic hydroxyl groups is 1. The fourth-order valence-electron chi connectivity index (χ4n) is 4.02. The van der Waals surface area contributed by atoms with E-state index >= 15 is 0 Å². The van der Waals surface area contributed by atoms with Crippen LogP contribution in [0.1, 0.15) is 17.5 Å². The topological polar surface area (TPSA) is 56.9 Å². The van der Waals surface area contributed by atoms with E-state index in [-0.39, 0.29) is 18.1 Å². The van der Waals surface area contributed by atoms with Crippen LogP contribution in [0.4, 0.5) is 0 Å². The zero-order valence-corrected chi connectivity index (χ0v) is 16.0. The summed E-state index contributed by atoms with van der Waals surface area (Å²) in [7, 11) is 0. The van der Waals surface area contributed by atoms with Gasteiger partial charge in [-0.05, 0) is 24.1 Å². The molecule has 1 saturated heterocycles. The molecule has 1 unspecified atom stereocenters. The van der Waals surface area contributed by atoms with Crippen LogP contribution < -0.4 is 5.43 Å². The van der Waals surface area contributed by atoms with Gasteiger partial charge in [-0.2, -0.15) is 0 Å². The van der Waals surface area contributed by atoms with Crippen LogP contribution >= 0.6 is 0 Å². The minimum absolute atomic E-state index is 0.0484. The van der Waals surface area contributed by atoms with Crippen molar-refractivity contribution in [2.24, 2.45) is 0 Å². The van der Waals surface area contributed by atoms with Gasteiger partial charge in [-0.1, -0.05) is 42.5 Å². The van der Waals surface area contributed by atoms with Gasteiger partial charge < -0.3 is 9.52 Å². The van der Waals surface area contributed by atoms with E-state index in [1.807, 2.05) is 30.3 Å². The van der Waals surface area contributed by atoms with Crippen molar-refractivity contribution < 1.29 is 9.52 Å². The molecule has 0 amide bonds. The number of hydrogen-bond acceptors (Lipinski definition) is 5. The number of nitrogens with zero attached hydrogens (tertiary/aromatic N) is 2. The van der Waals surface area contributed by atoms with Gasteiger partial charge in [0.25, 0.3) is 0 Å². The van der Waals surface area contributed by atoms with Crippen molar-refractivity contribution in [1.82, 2.24) is 9.80 Å². The lowest BCUT2D eigenvalue weighted by molar-refractivity contribution is 0.0496. The molecular weight excluding hydrogens is 352 g/mol. The fourth-order valence-corrected chi connectivity index (χ4v) is 4.02. The number of para-hydroxylation sites is 1. The minimum Gasteiger partial charge on any atom is -0.464 e. The molecule has 28 heavy (non-hydrogen) atoms. The van der Waals surface area contributed by atoms with Gasteiger partial charge in [0.15, 0.2) is 5.43 Å². The van der Waals surface area contributed by atoms with E-state index < -0.39 is 0 Å². The number of fused-ring (bicyclic) bond motifs is 1. The molecule has 0 saturated carbocycles. The van der Waals surface area contributed by atoms with E-state index in [9.17, 15) is 9.90 Å². The first-order valence-electron chi connectivity index (χ1n) is 9.85. The molecule has 0 spiro atoms. The van der Waals surface area contributed by atoms with E-state index in [1.165, 1.54) is 5.56 Å². The Bertz CT molecular complexity index is 970. The smallest absolute Gasteiger partial charge is 0.197 e. The largest absolute Gasteiger partial charge is 0.464 e. The molecule has 146 valence electrons. The Labute approximate surface area is 164 Å². The van der Waals surface area contributed by atoms with Gasteiger partial charge in [-0.3, -0.25) is 14.6 Å². The van der Waals surface area contributed by atoms with Crippen LogP contribution in [0.25, 0.3) is 11.0 Å². The summed E-state index contributed by atoms with van der Waals surface area (Å²) < 4.78 is 5.66. The molecule has 0 bridgehead atoms. The fraction of sp³-hybridized carbons (Fsp3) is 0.348. The van der Waals surface area contributed by atoms with Crippen molar-refractivity contribution in [1.29, 1.82) is 0 Å². The predicted molar refractivity (Wildman–Crippen MR) is 110 cm³/mol. The maximum Gasteiger partial charge on any atom is 0.197 e. The lowest BCUT2D eigenvalue weighted by Crippen LogP contribution is -2.52. The number of aliphatic hydroxyl groups excluding tert-OH is 1. The van der Waals surface area contributed by atoms with Crippen molar-refractivity contribution in [3.63, 3.8) is 0 Å². The van der Waals surface area contributed by atoms with Crippen LogP contribution in [0.15, 0.2) is 70.1 Å². The summed E-state index contributed by atoms with van der Waals surface area (Å²) >= 11 is 0. The van der Waals surface area contributed by atoms with E-state index in [0.29, 0.717) is 23.1 Å². The Morgan fingerprint density at radius 3 is 2.61 bits per heavy atom. The van der Waals surface area contributed by atoms with Crippen molar-refractivity contribution in [3.05, 3.63) is 82.2 Å². The van der Waals surface area contributed by atoms with Gasteiger partial charge in [-0.15, -0.1) is 0 Å². The Kier molecular flexibility index (Phi) is 5.86. The van der Waals surface area contributed by atoms with Gasteiger partial charge in [-0.25, -0.2) is 0 Å². The van der Waals surface area contributed by atoms with Gasteiger partial charge in [0.05, 0.1) is 11.6 Å². The Morgan fingerprint density at radius 2 is 1.79 bits per heavy atom. The summed E-state index contributed by atoms with van der Waals surface area (Å²) in [4.78, 5) is 17.5. The third-order valence-corrected chi connectivity index (χ3v) is 5.53. The van der Waals surface area contributed by atoms with E-state index in [2.05, 4.69) is 34.1 Å². The second-order valence-electron chi connectivity index (χ2n) is 7.44. The Morgan fingerprint density at radius 1 is 1.00 bits per heavy atom. The predicted octanol–water partition coefficient (Wildman–Crippen LogP) is 2.86. The molecule has 1 fully saturated rings. The average Bonchev–Trinajstić information content (AvgIpc) is 2.73. The summed E-state index contributed by atoms with van der Waals surface area (Å²) in [5, 5.41) is 10.2. The van der Waals surface area contributed by atoms with Crippen LogP contribution in [0, 0.1) is 0 Å². The monoisotopic (exact) mass is 378 g/mol. The normalized spacial score (nSPS) is 18.5. The lowest BCUT2D eigenvalue weighted by atomic mass is 10.1. The minimum atomic E-state index is 0.0484. The average molecular weight is 378 g/mol. The molecule has 1 aliphatic heterocycles. The zero-order chi connectivity index (χ0) is 19.3. The van der Waals surface area contributed by atoms with E-state index in [0.717, 1.165) is 32.6 Å². The number of hydrogen-bond donors (Lipinski definition) is 1. The zero-order valence-electron chi connectivity index (χ0n) is 16.0. The lowest BCUT2D eigenvalue weighted by Gasteiger charge is -2.41. The third-order valence-electron chi connectivity index (χ3n) is 5.53. The molecule has 1 atom stereocenters.